The van der Waals surface area contributed by atoms with E-state index in [2.05, 4.69) is 15.3 Å². The van der Waals surface area contributed by atoms with Gasteiger partial charge in [-0.1, -0.05) is 0 Å². The first-order valence-electron chi connectivity index (χ1n) is 6.10. The molecule has 0 bridgehead atoms. The molecule has 1 amide bonds. The normalized spacial score (nSPS) is 11.2. The van der Waals surface area contributed by atoms with Crippen LogP contribution in [0.5, 0.6) is 0 Å². The van der Waals surface area contributed by atoms with Crippen LogP contribution in [-0.4, -0.2) is 27.9 Å². The number of amides is 1. The van der Waals surface area contributed by atoms with Crippen molar-refractivity contribution in [2.45, 2.75) is 26.4 Å². The molecule has 20 heavy (non-hydrogen) atoms. The number of carbonyl (C=O) groups excluding carboxylic acids is 2. The summed E-state index contributed by atoms with van der Waals surface area (Å²) in [6.07, 6.45) is 0.0608. The van der Waals surface area contributed by atoms with Gasteiger partial charge in [0.25, 0.3) is 0 Å². The van der Waals surface area contributed by atoms with Crippen molar-refractivity contribution in [3.05, 3.63) is 30.0 Å². The zero-order valence-corrected chi connectivity index (χ0v) is 11.5. The molecule has 0 spiro atoms. The van der Waals surface area contributed by atoms with Gasteiger partial charge >= 0.3 is 6.09 Å². The van der Waals surface area contributed by atoms with Crippen LogP contribution in [-0.2, 0) is 4.74 Å². The summed E-state index contributed by atoms with van der Waals surface area (Å²) < 4.78 is 5.13. The van der Waals surface area contributed by atoms with E-state index in [0.717, 1.165) is 5.39 Å². The molecule has 1 N–H and O–H groups in total. The van der Waals surface area contributed by atoms with Crippen LogP contribution in [0.15, 0.2) is 24.3 Å². The highest BCUT2D eigenvalue weighted by atomic mass is 16.6. The third-order valence-electron chi connectivity index (χ3n) is 2.32. The zero-order chi connectivity index (χ0) is 14.8. The molecule has 6 nitrogen and oxygen atoms in total. The topological polar surface area (TPSA) is 81.2 Å². The molecule has 6 heteroatoms. The monoisotopic (exact) mass is 273 g/mol. The summed E-state index contributed by atoms with van der Waals surface area (Å²) in [6.45, 7) is 5.33. The number of nitrogens with zero attached hydrogens (tertiary/aromatic N) is 2. The lowest BCUT2D eigenvalue weighted by Crippen LogP contribution is -2.27. The Balaban J connectivity index is 2.23. The number of aromatic nitrogens is 2. The third-order valence-corrected chi connectivity index (χ3v) is 2.32. The zero-order valence-electron chi connectivity index (χ0n) is 11.5. The van der Waals surface area contributed by atoms with Crippen LogP contribution in [0, 0.1) is 0 Å². The highest BCUT2D eigenvalue weighted by molar-refractivity contribution is 5.87. The lowest BCUT2D eigenvalue weighted by molar-refractivity contribution is 0.0635. The number of hydrogen-bond acceptors (Lipinski definition) is 5. The van der Waals surface area contributed by atoms with E-state index < -0.39 is 11.7 Å². The summed E-state index contributed by atoms with van der Waals surface area (Å²) in [6, 6.07) is 6.76. The first-order chi connectivity index (χ1) is 9.37. The molecule has 0 saturated heterocycles. The van der Waals surface area contributed by atoms with Crippen molar-refractivity contribution in [2.24, 2.45) is 0 Å². The average Bonchev–Trinajstić information content (AvgIpc) is 2.35. The fraction of sp³-hybridized carbons (Fsp3) is 0.286. The van der Waals surface area contributed by atoms with Gasteiger partial charge in [-0.25, -0.2) is 14.8 Å². The van der Waals surface area contributed by atoms with Crippen LogP contribution in [0.3, 0.4) is 0 Å². The molecule has 104 valence electrons. The summed E-state index contributed by atoms with van der Waals surface area (Å²) in [5.41, 5.74) is 0.103. The molecule has 0 radical (unpaired) electrons. The van der Waals surface area contributed by atoms with Crippen LogP contribution < -0.4 is 5.32 Å². The molecular weight excluding hydrogens is 258 g/mol. The van der Waals surface area contributed by atoms with E-state index in [1.165, 1.54) is 0 Å². The summed E-state index contributed by atoms with van der Waals surface area (Å²) in [5.74, 6) is 0.322. The maximum absolute atomic E-state index is 11.6. The molecule has 2 heterocycles. The minimum Gasteiger partial charge on any atom is -0.444 e. The number of rotatable bonds is 2. The van der Waals surface area contributed by atoms with Gasteiger partial charge in [-0.2, -0.15) is 0 Å². The van der Waals surface area contributed by atoms with E-state index in [4.69, 9.17) is 4.74 Å². The van der Waals surface area contributed by atoms with Crippen molar-refractivity contribution >= 4 is 29.2 Å². The van der Waals surface area contributed by atoms with Gasteiger partial charge in [0.15, 0.2) is 11.9 Å². The van der Waals surface area contributed by atoms with Gasteiger partial charge in [0, 0.05) is 5.39 Å². The summed E-state index contributed by atoms with van der Waals surface area (Å²) in [5, 5.41) is 3.31. The quantitative estimate of drug-likeness (QED) is 0.851. The third kappa shape index (κ3) is 3.50. The van der Waals surface area contributed by atoms with Crippen LogP contribution in [0.1, 0.15) is 31.3 Å². The second kappa shape index (κ2) is 5.24. The van der Waals surface area contributed by atoms with Crippen molar-refractivity contribution < 1.29 is 14.3 Å². The second-order valence-electron chi connectivity index (χ2n) is 5.22. The van der Waals surface area contributed by atoms with Gasteiger partial charge in [0.2, 0.25) is 0 Å². The Bertz CT molecular complexity index is 662. The summed E-state index contributed by atoms with van der Waals surface area (Å²) >= 11 is 0. The number of anilines is 1. The van der Waals surface area contributed by atoms with E-state index >= 15 is 0 Å². The maximum Gasteiger partial charge on any atom is 0.413 e. The first kappa shape index (κ1) is 13.9. The standard InChI is InChI=1S/C14H15N3O3/c1-14(2,3)20-13(19)17-11-7-5-9-4-6-10(8-18)15-12(9)16-11/h4-8H,1-3H3,(H,15,16,17,19). The van der Waals surface area contributed by atoms with Gasteiger partial charge in [-0.15, -0.1) is 0 Å². The summed E-state index contributed by atoms with van der Waals surface area (Å²) in [7, 11) is 0. The molecule has 0 atom stereocenters. The molecule has 0 aliphatic heterocycles. The Morgan fingerprint density at radius 3 is 2.55 bits per heavy atom. The van der Waals surface area contributed by atoms with E-state index in [1.807, 2.05) is 0 Å². The number of pyridine rings is 2. The maximum atomic E-state index is 11.6. The van der Waals surface area contributed by atoms with Crippen LogP contribution in [0.25, 0.3) is 11.0 Å². The van der Waals surface area contributed by atoms with Crippen molar-refractivity contribution in [3.63, 3.8) is 0 Å². The van der Waals surface area contributed by atoms with Crippen LogP contribution in [0.4, 0.5) is 10.6 Å². The van der Waals surface area contributed by atoms with E-state index in [0.29, 0.717) is 23.4 Å². The molecule has 2 aromatic rings. The number of aldehydes is 1. The van der Waals surface area contributed by atoms with E-state index in [-0.39, 0.29) is 0 Å². The van der Waals surface area contributed by atoms with Crippen LogP contribution >= 0.6 is 0 Å². The fourth-order valence-corrected chi connectivity index (χ4v) is 1.56. The number of hydrogen-bond donors (Lipinski definition) is 1. The molecule has 0 aliphatic carbocycles. The van der Waals surface area contributed by atoms with E-state index in [9.17, 15) is 9.59 Å². The van der Waals surface area contributed by atoms with Crippen molar-refractivity contribution in [3.8, 4) is 0 Å². The number of ether oxygens (including phenoxy) is 1. The van der Waals surface area contributed by atoms with Gasteiger partial charge in [-0.3, -0.25) is 10.1 Å². The molecule has 2 aromatic heterocycles. The first-order valence-corrected chi connectivity index (χ1v) is 6.10. The minimum atomic E-state index is -0.587. The highest BCUT2D eigenvalue weighted by Gasteiger charge is 2.16. The predicted octanol–water partition coefficient (Wildman–Crippen LogP) is 2.79. The smallest absolute Gasteiger partial charge is 0.413 e. The molecule has 0 saturated carbocycles. The highest BCUT2D eigenvalue weighted by Crippen LogP contribution is 2.15. The molecule has 0 unspecified atom stereocenters. The second-order valence-corrected chi connectivity index (χ2v) is 5.22. The lowest BCUT2D eigenvalue weighted by Gasteiger charge is -2.19. The molecule has 0 aliphatic rings. The van der Waals surface area contributed by atoms with E-state index in [1.54, 1.807) is 45.0 Å². The SMILES string of the molecule is CC(C)(C)OC(=O)Nc1ccc2ccc(C=O)nc2n1. The number of fused-ring (bicyclic) bond motifs is 1. The Labute approximate surface area is 116 Å². The summed E-state index contributed by atoms with van der Waals surface area (Å²) in [4.78, 5) is 30.6. The largest absolute Gasteiger partial charge is 0.444 e. The molecule has 0 fully saturated rings. The van der Waals surface area contributed by atoms with Gasteiger partial charge < -0.3 is 4.74 Å². The van der Waals surface area contributed by atoms with Crippen molar-refractivity contribution in [1.29, 1.82) is 0 Å². The van der Waals surface area contributed by atoms with Gasteiger partial charge in [0.1, 0.15) is 17.1 Å². The Morgan fingerprint density at radius 2 is 1.90 bits per heavy atom. The van der Waals surface area contributed by atoms with Crippen LogP contribution in [0.2, 0.25) is 0 Å². The Morgan fingerprint density at radius 1 is 1.20 bits per heavy atom. The minimum absolute atomic E-state index is 0.291. The number of carbonyl (C=O) groups is 2. The molecule has 2 rings (SSSR count). The number of nitrogens with one attached hydrogen (secondary N) is 1. The fourth-order valence-electron chi connectivity index (χ4n) is 1.56. The van der Waals surface area contributed by atoms with Gasteiger partial charge in [0.05, 0.1) is 0 Å². The lowest BCUT2D eigenvalue weighted by atomic mass is 10.2. The Hall–Kier alpha value is -2.50. The predicted molar refractivity (Wildman–Crippen MR) is 74.8 cm³/mol. The van der Waals surface area contributed by atoms with Crippen molar-refractivity contribution in [1.82, 2.24) is 9.97 Å². The van der Waals surface area contributed by atoms with Crippen molar-refractivity contribution in [2.75, 3.05) is 5.32 Å². The Kier molecular flexibility index (Phi) is 3.65. The molecular formula is C14H15N3O3. The molecule has 0 aromatic carbocycles. The average molecular weight is 273 g/mol. The van der Waals surface area contributed by atoms with Gasteiger partial charge in [-0.05, 0) is 45.0 Å².